The summed E-state index contributed by atoms with van der Waals surface area (Å²) in [5.74, 6) is 0.163. The summed E-state index contributed by atoms with van der Waals surface area (Å²) in [6.45, 7) is 5.82. The van der Waals surface area contributed by atoms with Crippen LogP contribution in [-0.2, 0) is 6.18 Å². The summed E-state index contributed by atoms with van der Waals surface area (Å²) in [6, 6.07) is 10.5. The number of benzene rings is 2. The Kier molecular flexibility index (Phi) is 4.33. The topological polar surface area (TPSA) is 49.8 Å². The zero-order valence-corrected chi connectivity index (χ0v) is 14.4. The lowest BCUT2D eigenvalue weighted by Crippen LogP contribution is -2.04. The monoisotopic (exact) mass is 356 g/mol. The van der Waals surface area contributed by atoms with Gasteiger partial charge in [-0.3, -0.25) is 0 Å². The predicted molar refractivity (Wildman–Crippen MR) is 91.3 cm³/mol. The molecule has 0 aliphatic carbocycles. The molecule has 26 heavy (non-hydrogen) atoms. The summed E-state index contributed by atoms with van der Waals surface area (Å²) >= 11 is 0. The van der Waals surface area contributed by atoms with E-state index < -0.39 is 11.7 Å². The van der Waals surface area contributed by atoms with Crippen LogP contribution >= 0.6 is 0 Å². The second-order valence-electron chi connectivity index (χ2n) is 6.20. The minimum Gasteiger partial charge on any atom is -0.354 e. The van der Waals surface area contributed by atoms with Crippen molar-refractivity contribution in [3.63, 3.8) is 0 Å². The average molecular weight is 356 g/mol. The van der Waals surface area contributed by atoms with Crippen LogP contribution in [0.25, 0.3) is 22.6 Å². The Balaban J connectivity index is 2.12. The van der Waals surface area contributed by atoms with E-state index in [4.69, 9.17) is 4.52 Å². The highest BCUT2D eigenvalue weighted by Gasteiger charge is 2.30. The van der Waals surface area contributed by atoms with Crippen molar-refractivity contribution in [3.05, 3.63) is 64.2 Å². The van der Waals surface area contributed by atoms with E-state index >= 15 is 0 Å². The molecule has 0 fully saturated rings. The average Bonchev–Trinajstić information content (AvgIpc) is 2.96. The Bertz CT molecular complexity index is 986. The minimum absolute atomic E-state index is 0.163. The molecule has 0 spiro atoms. The maximum absolute atomic E-state index is 12.7. The van der Waals surface area contributed by atoms with E-state index in [1.165, 1.54) is 12.1 Å². The highest BCUT2D eigenvalue weighted by Crippen LogP contribution is 2.36. The molecule has 0 N–H and O–H groups in total. The van der Waals surface area contributed by atoms with Crippen LogP contribution in [0.15, 0.2) is 40.9 Å². The first kappa shape index (κ1) is 17.7. The van der Waals surface area contributed by atoms with E-state index in [1.54, 1.807) is 0 Å². The first-order chi connectivity index (χ1) is 12.2. The molecule has 3 nitrogen and oxygen atoms in total. The molecule has 0 radical (unpaired) electrons. The van der Waals surface area contributed by atoms with Crippen LogP contribution in [0, 0.1) is 32.1 Å². The summed E-state index contributed by atoms with van der Waals surface area (Å²) in [4.78, 5) is 0. The van der Waals surface area contributed by atoms with E-state index in [2.05, 4.69) is 11.2 Å². The smallest absolute Gasteiger partial charge is 0.354 e. The van der Waals surface area contributed by atoms with Crippen LogP contribution in [-0.4, -0.2) is 5.16 Å². The number of aromatic nitrogens is 1. The molecule has 1 aromatic heterocycles. The van der Waals surface area contributed by atoms with Gasteiger partial charge in [-0.1, -0.05) is 35.0 Å². The van der Waals surface area contributed by atoms with Crippen LogP contribution in [0.3, 0.4) is 0 Å². The van der Waals surface area contributed by atoms with Gasteiger partial charge < -0.3 is 4.52 Å². The third-order valence-corrected chi connectivity index (χ3v) is 4.19. The second-order valence-corrected chi connectivity index (χ2v) is 6.20. The fraction of sp³-hybridized carbons (Fsp3) is 0.200. The van der Waals surface area contributed by atoms with Crippen LogP contribution in [0.4, 0.5) is 13.2 Å². The number of halogens is 3. The first-order valence-corrected chi connectivity index (χ1v) is 7.88. The van der Waals surface area contributed by atoms with Gasteiger partial charge in [0.25, 0.3) is 0 Å². The molecule has 0 saturated heterocycles. The number of alkyl halides is 3. The van der Waals surface area contributed by atoms with Crippen LogP contribution in [0.1, 0.15) is 27.8 Å². The normalized spacial score (nSPS) is 11.4. The Hall–Kier alpha value is -3.07. The van der Waals surface area contributed by atoms with Crippen molar-refractivity contribution in [1.29, 1.82) is 5.26 Å². The van der Waals surface area contributed by atoms with Crippen LogP contribution < -0.4 is 0 Å². The van der Waals surface area contributed by atoms with Crippen molar-refractivity contribution in [2.24, 2.45) is 0 Å². The van der Waals surface area contributed by atoms with Gasteiger partial charge in [0.05, 0.1) is 5.56 Å². The Morgan fingerprint density at radius 3 is 2.08 bits per heavy atom. The van der Waals surface area contributed by atoms with E-state index in [0.717, 1.165) is 34.4 Å². The lowest BCUT2D eigenvalue weighted by molar-refractivity contribution is -0.137. The quantitative estimate of drug-likeness (QED) is 0.581. The molecule has 0 aliphatic rings. The van der Waals surface area contributed by atoms with Gasteiger partial charge in [-0.25, -0.2) is 0 Å². The zero-order chi connectivity index (χ0) is 19.1. The van der Waals surface area contributed by atoms with Crippen molar-refractivity contribution in [2.75, 3.05) is 0 Å². The number of aryl methyl sites for hydroxylation is 3. The van der Waals surface area contributed by atoms with Crippen LogP contribution in [0.5, 0.6) is 0 Å². The molecule has 0 atom stereocenters. The van der Waals surface area contributed by atoms with E-state index in [9.17, 15) is 18.4 Å². The molecule has 3 rings (SSSR count). The number of hydrogen-bond donors (Lipinski definition) is 0. The molecule has 2 aromatic carbocycles. The molecule has 1 heterocycles. The SMILES string of the molecule is Cc1cc(C)c(-c2noc(-c3ccc(C(F)(F)F)cc3)c2C#N)c(C)c1. The van der Waals surface area contributed by atoms with Crippen molar-refractivity contribution in [1.82, 2.24) is 5.16 Å². The molecule has 6 heteroatoms. The molecule has 132 valence electrons. The molecule has 0 aliphatic heterocycles. The second kappa shape index (κ2) is 6.34. The number of nitriles is 1. The molecular weight excluding hydrogens is 341 g/mol. The van der Waals surface area contributed by atoms with Gasteiger partial charge in [0.2, 0.25) is 0 Å². The van der Waals surface area contributed by atoms with E-state index in [-0.39, 0.29) is 11.3 Å². The van der Waals surface area contributed by atoms with Gasteiger partial charge in [0.15, 0.2) is 5.76 Å². The maximum atomic E-state index is 12.7. The summed E-state index contributed by atoms with van der Waals surface area (Å²) in [7, 11) is 0. The zero-order valence-electron chi connectivity index (χ0n) is 14.4. The first-order valence-electron chi connectivity index (χ1n) is 7.88. The van der Waals surface area contributed by atoms with E-state index in [0.29, 0.717) is 11.3 Å². The lowest BCUT2D eigenvalue weighted by Gasteiger charge is -2.09. The summed E-state index contributed by atoms with van der Waals surface area (Å²) < 4.78 is 43.5. The van der Waals surface area contributed by atoms with Gasteiger partial charge in [-0.05, 0) is 44.0 Å². The molecular formula is C20H15F3N2O. The lowest BCUT2D eigenvalue weighted by atomic mass is 9.94. The molecule has 0 unspecified atom stereocenters. The van der Waals surface area contributed by atoms with Crippen molar-refractivity contribution >= 4 is 0 Å². The van der Waals surface area contributed by atoms with Crippen LogP contribution in [0.2, 0.25) is 0 Å². The molecule has 3 aromatic rings. The number of hydrogen-bond acceptors (Lipinski definition) is 3. The highest BCUT2D eigenvalue weighted by atomic mass is 19.4. The van der Waals surface area contributed by atoms with Crippen molar-refractivity contribution < 1.29 is 17.7 Å². The standard InChI is InChI=1S/C20H15F3N2O/c1-11-8-12(2)17(13(3)9-11)18-16(10-24)19(26-25-18)14-4-6-15(7-5-14)20(21,22)23/h4-9H,1-3H3. The van der Waals surface area contributed by atoms with Crippen molar-refractivity contribution in [3.8, 4) is 28.7 Å². The van der Waals surface area contributed by atoms with E-state index in [1.807, 2.05) is 32.9 Å². The maximum Gasteiger partial charge on any atom is 0.416 e. The van der Waals surface area contributed by atoms with Gasteiger partial charge in [0, 0.05) is 11.1 Å². The summed E-state index contributed by atoms with van der Waals surface area (Å²) in [5, 5.41) is 13.6. The number of nitrogens with zero attached hydrogens (tertiary/aromatic N) is 2. The fourth-order valence-corrected chi connectivity index (χ4v) is 3.13. The highest BCUT2D eigenvalue weighted by molar-refractivity contribution is 5.79. The Morgan fingerprint density at radius 2 is 1.58 bits per heavy atom. The molecule has 0 amide bonds. The van der Waals surface area contributed by atoms with Gasteiger partial charge in [-0.2, -0.15) is 18.4 Å². The Morgan fingerprint density at radius 1 is 1.00 bits per heavy atom. The Labute approximate surface area is 148 Å². The summed E-state index contributed by atoms with van der Waals surface area (Å²) in [6.07, 6.45) is -4.42. The molecule has 0 bridgehead atoms. The number of rotatable bonds is 2. The van der Waals surface area contributed by atoms with Gasteiger partial charge in [0.1, 0.15) is 17.3 Å². The van der Waals surface area contributed by atoms with Crippen molar-refractivity contribution in [2.45, 2.75) is 26.9 Å². The minimum atomic E-state index is -4.42. The largest absolute Gasteiger partial charge is 0.416 e. The van der Waals surface area contributed by atoms with Gasteiger partial charge >= 0.3 is 6.18 Å². The summed E-state index contributed by atoms with van der Waals surface area (Å²) in [5.41, 5.74) is 4.01. The fourth-order valence-electron chi connectivity index (χ4n) is 3.13. The third kappa shape index (κ3) is 3.08. The van der Waals surface area contributed by atoms with Gasteiger partial charge in [-0.15, -0.1) is 0 Å². The predicted octanol–water partition coefficient (Wildman–Crippen LogP) is 5.82. The molecule has 0 saturated carbocycles. The third-order valence-electron chi connectivity index (χ3n) is 4.19.